The SMILES string of the molecule is B[C@@H]1O[C@H](CC)[C@H](O)C1OCC(C)OC. The van der Waals surface area contributed by atoms with Gasteiger partial charge in [0.2, 0.25) is 0 Å². The van der Waals surface area contributed by atoms with Crippen molar-refractivity contribution in [2.75, 3.05) is 13.7 Å². The van der Waals surface area contributed by atoms with Crippen LogP contribution in [0, 0.1) is 0 Å². The second-order valence-electron chi connectivity index (χ2n) is 4.12. The van der Waals surface area contributed by atoms with Gasteiger partial charge in [0.15, 0.2) is 0 Å². The van der Waals surface area contributed by atoms with E-state index in [0.29, 0.717) is 6.61 Å². The second-order valence-corrected chi connectivity index (χ2v) is 4.12. The number of hydrogen-bond acceptors (Lipinski definition) is 4. The molecule has 1 aliphatic heterocycles. The van der Waals surface area contributed by atoms with Crippen molar-refractivity contribution >= 4 is 7.85 Å². The van der Waals surface area contributed by atoms with Crippen LogP contribution in [-0.2, 0) is 14.2 Å². The third-order valence-corrected chi connectivity index (χ3v) is 2.90. The molecule has 1 N–H and O–H groups in total. The molecule has 1 fully saturated rings. The van der Waals surface area contributed by atoms with E-state index < -0.39 is 6.10 Å². The van der Waals surface area contributed by atoms with Gasteiger partial charge < -0.3 is 19.3 Å². The molecule has 0 aromatic carbocycles. The van der Waals surface area contributed by atoms with Gasteiger partial charge in [0.1, 0.15) is 20.1 Å². The molecule has 2 unspecified atom stereocenters. The first-order valence-corrected chi connectivity index (χ1v) is 5.58. The monoisotopic (exact) mass is 216 g/mol. The van der Waals surface area contributed by atoms with E-state index in [1.54, 1.807) is 7.11 Å². The quantitative estimate of drug-likeness (QED) is 0.631. The molecule has 0 spiro atoms. The molecule has 1 saturated heterocycles. The van der Waals surface area contributed by atoms with Crippen molar-refractivity contribution in [3.8, 4) is 0 Å². The number of rotatable bonds is 5. The van der Waals surface area contributed by atoms with E-state index in [1.807, 2.05) is 21.7 Å². The second kappa shape index (κ2) is 5.84. The molecule has 15 heavy (non-hydrogen) atoms. The average molecular weight is 216 g/mol. The first-order valence-electron chi connectivity index (χ1n) is 5.58. The predicted octanol–water partition coefficient (Wildman–Crippen LogP) is -0.465. The number of aliphatic hydroxyl groups is 1. The van der Waals surface area contributed by atoms with E-state index in [-0.39, 0.29) is 24.3 Å². The summed E-state index contributed by atoms with van der Waals surface area (Å²) in [6, 6.07) is -0.0472. The van der Waals surface area contributed by atoms with Gasteiger partial charge in [-0.25, -0.2) is 0 Å². The Labute approximate surface area is 92.3 Å². The maximum Gasteiger partial charge on any atom is 0.142 e. The Morgan fingerprint density at radius 1 is 1.53 bits per heavy atom. The Morgan fingerprint density at radius 2 is 2.20 bits per heavy atom. The summed E-state index contributed by atoms with van der Waals surface area (Å²) in [6.45, 7) is 4.42. The largest absolute Gasteiger partial charge is 0.388 e. The molecule has 1 aliphatic rings. The van der Waals surface area contributed by atoms with Gasteiger partial charge in [-0.1, -0.05) is 6.92 Å². The molecule has 1 heterocycles. The Balaban J connectivity index is 2.40. The van der Waals surface area contributed by atoms with E-state index in [4.69, 9.17) is 14.2 Å². The molecule has 5 heteroatoms. The van der Waals surface area contributed by atoms with E-state index in [9.17, 15) is 5.11 Å². The van der Waals surface area contributed by atoms with Crippen molar-refractivity contribution in [2.24, 2.45) is 0 Å². The van der Waals surface area contributed by atoms with Crippen molar-refractivity contribution in [3.05, 3.63) is 0 Å². The zero-order valence-electron chi connectivity index (χ0n) is 9.97. The van der Waals surface area contributed by atoms with Crippen LogP contribution in [0.1, 0.15) is 20.3 Å². The standard InChI is InChI=1S/C10H21BO4/c1-4-7-8(12)9(10(11)15-7)14-5-6(2)13-3/h6-10,12H,4-5,11H2,1-3H3/t6?,7-,8+,9?,10-/m1/s1. The van der Waals surface area contributed by atoms with E-state index in [0.717, 1.165) is 6.42 Å². The number of ether oxygens (including phenoxy) is 3. The van der Waals surface area contributed by atoms with E-state index in [1.165, 1.54) is 0 Å². The van der Waals surface area contributed by atoms with Gasteiger partial charge >= 0.3 is 0 Å². The lowest BCUT2D eigenvalue weighted by atomic mass is 9.92. The number of methoxy groups -OCH3 is 1. The Kier molecular flexibility index (Phi) is 5.05. The molecule has 0 aromatic rings. The fraction of sp³-hybridized carbons (Fsp3) is 1.00. The van der Waals surface area contributed by atoms with Crippen LogP contribution in [0.2, 0.25) is 0 Å². The van der Waals surface area contributed by atoms with E-state index in [2.05, 4.69) is 0 Å². The minimum absolute atomic E-state index is 0.0464. The Morgan fingerprint density at radius 3 is 2.67 bits per heavy atom. The topological polar surface area (TPSA) is 47.9 Å². The highest BCUT2D eigenvalue weighted by Gasteiger charge is 2.40. The van der Waals surface area contributed by atoms with Crippen LogP contribution in [0.25, 0.3) is 0 Å². The molecule has 0 aromatic heterocycles. The van der Waals surface area contributed by atoms with Crippen LogP contribution < -0.4 is 0 Å². The summed E-state index contributed by atoms with van der Waals surface area (Å²) in [5.74, 6) is 0. The fourth-order valence-corrected chi connectivity index (χ4v) is 1.81. The maximum absolute atomic E-state index is 9.91. The first-order chi connectivity index (χ1) is 7.10. The smallest absolute Gasteiger partial charge is 0.142 e. The molecule has 0 aliphatic carbocycles. The minimum atomic E-state index is -0.519. The summed E-state index contributed by atoms with van der Waals surface area (Å²) in [4.78, 5) is 0. The molecule has 1 rings (SSSR count). The molecule has 5 atom stereocenters. The van der Waals surface area contributed by atoms with Gasteiger partial charge in [-0.2, -0.15) is 0 Å². The summed E-state index contributed by atoms with van der Waals surface area (Å²) in [7, 11) is 3.58. The predicted molar refractivity (Wildman–Crippen MR) is 59.7 cm³/mol. The number of aliphatic hydroxyl groups excluding tert-OH is 1. The molecule has 0 amide bonds. The van der Waals surface area contributed by atoms with Crippen LogP contribution in [0.15, 0.2) is 0 Å². The average Bonchev–Trinajstić information content (AvgIpc) is 2.51. The lowest BCUT2D eigenvalue weighted by Crippen LogP contribution is -2.37. The summed E-state index contributed by atoms with van der Waals surface area (Å²) < 4.78 is 16.3. The highest BCUT2D eigenvalue weighted by atomic mass is 16.6. The molecule has 0 radical (unpaired) electrons. The van der Waals surface area contributed by atoms with Crippen molar-refractivity contribution in [1.29, 1.82) is 0 Å². The van der Waals surface area contributed by atoms with Crippen LogP contribution >= 0.6 is 0 Å². The fourth-order valence-electron chi connectivity index (χ4n) is 1.81. The lowest BCUT2D eigenvalue weighted by Gasteiger charge is -2.20. The first kappa shape index (κ1) is 13.0. The molecule has 88 valence electrons. The molecular formula is C10H21BO4. The van der Waals surface area contributed by atoms with Crippen LogP contribution in [0.5, 0.6) is 0 Å². The van der Waals surface area contributed by atoms with Crippen LogP contribution in [-0.4, -0.2) is 57.1 Å². The van der Waals surface area contributed by atoms with Gasteiger partial charge in [-0.15, -0.1) is 0 Å². The zero-order chi connectivity index (χ0) is 11.4. The highest BCUT2D eigenvalue weighted by molar-refractivity contribution is 6.11. The zero-order valence-corrected chi connectivity index (χ0v) is 9.97. The van der Waals surface area contributed by atoms with Crippen molar-refractivity contribution < 1.29 is 19.3 Å². The molecule has 4 nitrogen and oxygen atoms in total. The third kappa shape index (κ3) is 3.18. The van der Waals surface area contributed by atoms with Gasteiger partial charge in [-0.05, 0) is 13.3 Å². The normalized spacial score (nSPS) is 38.1. The van der Waals surface area contributed by atoms with E-state index >= 15 is 0 Å². The van der Waals surface area contributed by atoms with Crippen molar-refractivity contribution in [2.45, 2.75) is 50.7 Å². The van der Waals surface area contributed by atoms with Crippen molar-refractivity contribution in [1.82, 2.24) is 0 Å². The highest BCUT2D eigenvalue weighted by Crippen LogP contribution is 2.24. The van der Waals surface area contributed by atoms with Gasteiger partial charge in [0.05, 0.1) is 24.8 Å². The maximum atomic E-state index is 9.91. The summed E-state index contributed by atoms with van der Waals surface area (Å²) in [6.07, 6.45) is 0.0140. The summed E-state index contributed by atoms with van der Waals surface area (Å²) in [5.41, 5.74) is 0. The Hall–Kier alpha value is -0.0951. The van der Waals surface area contributed by atoms with Gasteiger partial charge in [0.25, 0.3) is 0 Å². The molecular weight excluding hydrogens is 195 g/mol. The van der Waals surface area contributed by atoms with Gasteiger partial charge in [0, 0.05) is 7.11 Å². The lowest BCUT2D eigenvalue weighted by molar-refractivity contribution is -0.0596. The minimum Gasteiger partial charge on any atom is -0.388 e. The summed E-state index contributed by atoms with van der Waals surface area (Å²) >= 11 is 0. The van der Waals surface area contributed by atoms with Gasteiger partial charge in [-0.3, -0.25) is 0 Å². The summed E-state index contributed by atoms with van der Waals surface area (Å²) in [5, 5.41) is 9.91. The number of hydrogen-bond donors (Lipinski definition) is 1. The van der Waals surface area contributed by atoms with Crippen molar-refractivity contribution in [3.63, 3.8) is 0 Å². The molecule has 0 bridgehead atoms. The third-order valence-electron chi connectivity index (χ3n) is 2.90. The van der Waals surface area contributed by atoms with Crippen LogP contribution in [0.3, 0.4) is 0 Å². The Bertz CT molecular complexity index is 190. The molecule has 0 saturated carbocycles. The van der Waals surface area contributed by atoms with Crippen LogP contribution in [0.4, 0.5) is 0 Å².